The van der Waals surface area contributed by atoms with Gasteiger partial charge in [0.05, 0.1) is 0 Å². The fourth-order valence-electron chi connectivity index (χ4n) is 2.36. The van der Waals surface area contributed by atoms with Crippen molar-refractivity contribution >= 4 is 22.0 Å². The van der Waals surface area contributed by atoms with Gasteiger partial charge in [-0.25, -0.2) is 9.78 Å². The Morgan fingerprint density at radius 3 is 2.61 bits per heavy atom. The lowest BCUT2D eigenvalue weighted by molar-refractivity contribution is 0.0940. The van der Waals surface area contributed by atoms with Gasteiger partial charge in [0.2, 0.25) is 0 Å². The van der Waals surface area contributed by atoms with Crippen LogP contribution in [0.1, 0.15) is 38.7 Å². The Kier molecular flexibility index (Phi) is 3.36. The second-order valence-corrected chi connectivity index (χ2v) is 6.46. The summed E-state index contributed by atoms with van der Waals surface area (Å²) < 4.78 is 0.800. The van der Waals surface area contributed by atoms with Crippen molar-refractivity contribution in [1.82, 2.24) is 9.88 Å². The number of aromatic nitrogens is 1. The first-order valence-corrected chi connectivity index (χ1v) is 6.73. The van der Waals surface area contributed by atoms with Crippen LogP contribution in [0.15, 0.2) is 22.9 Å². The van der Waals surface area contributed by atoms with Crippen LogP contribution in [0.5, 0.6) is 0 Å². The summed E-state index contributed by atoms with van der Waals surface area (Å²) in [5.41, 5.74) is 0.743. The van der Waals surface area contributed by atoms with Crippen molar-refractivity contribution in [2.75, 3.05) is 0 Å². The lowest BCUT2D eigenvalue weighted by atomic mass is 10.1. The average molecular weight is 313 g/mol. The molecule has 0 aromatic carbocycles. The van der Waals surface area contributed by atoms with Crippen molar-refractivity contribution in [1.29, 1.82) is 0 Å². The minimum absolute atomic E-state index is 0.0745. The van der Waals surface area contributed by atoms with Gasteiger partial charge in [-0.1, -0.05) is 6.07 Å². The molecule has 98 valence electrons. The van der Waals surface area contributed by atoms with Gasteiger partial charge in [-0.3, -0.25) is 4.90 Å². The normalized spacial score (nSPS) is 22.7. The van der Waals surface area contributed by atoms with Crippen LogP contribution in [0.25, 0.3) is 0 Å². The monoisotopic (exact) mass is 312 g/mol. The first-order valence-electron chi connectivity index (χ1n) is 5.94. The number of nitrogens with zero attached hydrogens (tertiary/aromatic N) is 2. The van der Waals surface area contributed by atoms with E-state index in [4.69, 9.17) is 0 Å². The minimum Gasteiger partial charge on any atom is -0.465 e. The molecule has 5 heteroatoms. The Hall–Kier alpha value is -1.10. The van der Waals surface area contributed by atoms with Crippen molar-refractivity contribution in [3.05, 3.63) is 28.5 Å². The third kappa shape index (κ3) is 2.66. The van der Waals surface area contributed by atoms with E-state index in [1.165, 1.54) is 0 Å². The molecule has 0 saturated heterocycles. The molecule has 1 saturated carbocycles. The van der Waals surface area contributed by atoms with Gasteiger partial charge in [0, 0.05) is 23.7 Å². The summed E-state index contributed by atoms with van der Waals surface area (Å²) in [7, 11) is 0. The third-order valence-corrected chi connectivity index (χ3v) is 3.66. The standard InChI is InChI=1S/C13H17BrN2O2/c1-13(2,3)16(12(17)18)10-6-9(10)8-4-5-11(14)15-7-8/h4-5,7,9-10H,6H2,1-3H3,(H,17,18)/t9-,10+/m0/s1. The molecular formula is C13H17BrN2O2. The average Bonchev–Trinajstić information content (AvgIpc) is 2.96. The molecule has 0 unspecified atom stereocenters. The van der Waals surface area contributed by atoms with Crippen molar-refractivity contribution in [3.8, 4) is 0 Å². The molecule has 1 N–H and O–H groups in total. The fourth-order valence-corrected chi connectivity index (χ4v) is 2.59. The van der Waals surface area contributed by atoms with E-state index in [9.17, 15) is 9.90 Å². The maximum absolute atomic E-state index is 11.4. The quantitative estimate of drug-likeness (QED) is 0.851. The molecule has 1 amide bonds. The summed E-state index contributed by atoms with van der Waals surface area (Å²) in [6.07, 6.45) is 1.85. The first kappa shape index (κ1) is 13.3. The SMILES string of the molecule is CC(C)(C)N(C(=O)O)[C@@H]1C[C@H]1c1ccc(Br)nc1. The van der Waals surface area contributed by atoms with Crippen LogP contribution >= 0.6 is 15.9 Å². The van der Waals surface area contributed by atoms with E-state index in [1.807, 2.05) is 39.1 Å². The smallest absolute Gasteiger partial charge is 0.408 e. The number of carboxylic acid groups (broad SMARTS) is 1. The van der Waals surface area contributed by atoms with E-state index >= 15 is 0 Å². The highest BCUT2D eigenvalue weighted by molar-refractivity contribution is 9.10. The van der Waals surface area contributed by atoms with Gasteiger partial charge < -0.3 is 5.11 Å². The van der Waals surface area contributed by atoms with Crippen LogP contribution in [0.2, 0.25) is 0 Å². The second kappa shape index (κ2) is 4.53. The minimum atomic E-state index is -0.847. The zero-order chi connectivity index (χ0) is 13.5. The van der Waals surface area contributed by atoms with E-state index in [2.05, 4.69) is 20.9 Å². The molecule has 0 radical (unpaired) electrons. The van der Waals surface area contributed by atoms with Gasteiger partial charge in [-0.2, -0.15) is 0 Å². The Morgan fingerprint density at radius 2 is 2.17 bits per heavy atom. The Balaban J connectivity index is 2.14. The summed E-state index contributed by atoms with van der Waals surface area (Å²) in [6, 6.07) is 3.97. The van der Waals surface area contributed by atoms with Crippen molar-refractivity contribution < 1.29 is 9.90 Å². The van der Waals surface area contributed by atoms with Crippen molar-refractivity contribution in [2.45, 2.75) is 44.7 Å². The lowest BCUT2D eigenvalue weighted by Crippen LogP contribution is -2.46. The molecule has 1 aromatic rings. The van der Waals surface area contributed by atoms with Crippen LogP contribution in [0.3, 0.4) is 0 Å². The summed E-state index contributed by atoms with van der Waals surface area (Å²) in [5.74, 6) is 0.279. The van der Waals surface area contributed by atoms with Gasteiger partial charge in [-0.15, -0.1) is 0 Å². The number of pyridine rings is 1. The predicted molar refractivity (Wildman–Crippen MR) is 72.7 cm³/mol. The first-order chi connectivity index (χ1) is 8.30. The Labute approximate surface area is 115 Å². The molecular weight excluding hydrogens is 296 g/mol. The number of rotatable bonds is 2. The zero-order valence-electron chi connectivity index (χ0n) is 10.7. The third-order valence-electron chi connectivity index (χ3n) is 3.20. The molecule has 1 aliphatic carbocycles. The molecule has 18 heavy (non-hydrogen) atoms. The molecule has 2 rings (SSSR count). The molecule has 2 atom stereocenters. The lowest BCUT2D eigenvalue weighted by Gasteiger charge is -2.33. The number of amides is 1. The van der Waals surface area contributed by atoms with Crippen LogP contribution in [0.4, 0.5) is 4.79 Å². The van der Waals surface area contributed by atoms with Gasteiger partial charge in [0.25, 0.3) is 0 Å². The van der Waals surface area contributed by atoms with Crippen LogP contribution in [-0.2, 0) is 0 Å². The number of hydrogen-bond donors (Lipinski definition) is 1. The fraction of sp³-hybridized carbons (Fsp3) is 0.538. The maximum Gasteiger partial charge on any atom is 0.408 e. The molecule has 4 nitrogen and oxygen atoms in total. The summed E-state index contributed by atoms with van der Waals surface area (Å²) in [5, 5.41) is 9.33. The topological polar surface area (TPSA) is 53.4 Å². The van der Waals surface area contributed by atoms with E-state index in [0.29, 0.717) is 0 Å². The predicted octanol–water partition coefficient (Wildman–Crippen LogP) is 3.48. The van der Waals surface area contributed by atoms with E-state index < -0.39 is 6.09 Å². The van der Waals surface area contributed by atoms with E-state index in [0.717, 1.165) is 16.6 Å². The Morgan fingerprint density at radius 1 is 1.50 bits per heavy atom. The maximum atomic E-state index is 11.4. The molecule has 1 aromatic heterocycles. The summed E-state index contributed by atoms with van der Waals surface area (Å²) in [4.78, 5) is 17.1. The second-order valence-electron chi connectivity index (χ2n) is 5.65. The summed E-state index contributed by atoms with van der Waals surface area (Å²) >= 11 is 3.30. The summed E-state index contributed by atoms with van der Waals surface area (Å²) in [6.45, 7) is 5.78. The largest absolute Gasteiger partial charge is 0.465 e. The molecule has 1 aliphatic rings. The van der Waals surface area contributed by atoms with Crippen LogP contribution in [-0.4, -0.2) is 32.7 Å². The van der Waals surface area contributed by atoms with E-state index in [1.54, 1.807) is 4.90 Å². The van der Waals surface area contributed by atoms with Crippen molar-refractivity contribution in [2.24, 2.45) is 0 Å². The Bertz CT molecular complexity index is 453. The van der Waals surface area contributed by atoms with Gasteiger partial charge in [-0.05, 0) is 54.8 Å². The van der Waals surface area contributed by atoms with Gasteiger partial charge >= 0.3 is 6.09 Å². The van der Waals surface area contributed by atoms with Crippen LogP contribution in [0, 0.1) is 0 Å². The molecule has 1 fully saturated rings. The number of carbonyl (C=O) groups is 1. The van der Waals surface area contributed by atoms with Crippen LogP contribution < -0.4 is 0 Å². The molecule has 0 bridgehead atoms. The highest BCUT2D eigenvalue weighted by Gasteiger charge is 2.48. The number of hydrogen-bond acceptors (Lipinski definition) is 2. The molecule has 0 aliphatic heterocycles. The van der Waals surface area contributed by atoms with Crippen molar-refractivity contribution in [3.63, 3.8) is 0 Å². The van der Waals surface area contributed by atoms with E-state index in [-0.39, 0.29) is 17.5 Å². The molecule has 0 spiro atoms. The highest BCUT2D eigenvalue weighted by Crippen LogP contribution is 2.46. The number of halogens is 1. The van der Waals surface area contributed by atoms with Gasteiger partial charge in [0.15, 0.2) is 0 Å². The van der Waals surface area contributed by atoms with Gasteiger partial charge in [0.1, 0.15) is 4.60 Å². The highest BCUT2D eigenvalue weighted by atomic mass is 79.9. The zero-order valence-corrected chi connectivity index (χ0v) is 12.3. The molecule has 1 heterocycles.